The molecule has 4 unspecified atom stereocenters. The van der Waals surface area contributed by atoms with Crippen molar-refractivity contribution >= 4 is 11.9 Å². The third-order valence-electron chi connectivity index (χ3n) is 4.78. The molecule has 0 aromatic carbocycles. The van der Waals surface area contributed by atoms with Crippen molar-refractivity contribution in [2.75, 3.05) is 26.8 Å². The van der Waals surface area contributed by atoms with E-state index in [1.807, 2.05) is 0 Å². The third kappa shape index (κ3) is 4.17. The topological polar surface area (TPSA) is 78.9 Å². The minimum Gasteiger partial charge on any atom is -0.481 e. The van der Waals surface area contributed by atoms with E-state index in [0.717, 1.165) is 6.42 Å². The van der Waals surface area contributed by atoms with Crippen LogP contribution in [0.1, 0.15) is 32.6 Å². The fourth-order valence-corrected chi connectivity index (χ4v) is 3.34. The maximum atomic E-state index is 12.2. The summed E-state index contributed by atoms with van der Waals surface area (Å²) in [5.41, 5.74) is 0. The Morgan fingerprint density at radius 3 is 2.67 bits per heavy atom. The number of carbonyl (C=O) groups is 2. The molecule has 1 saturated heterocycles. The number of amides is 1. The Morgan fingerprint density at radius 2 is 2.00 bits per heavy atom. The van der Waals surface area contributed by atoms with Gasteiger partial charge in [0, 0.05) is 12.1 Å². The smallest absolute Gasteiger partial charge is 0.310 e. The summed E-state index contributed by atoms with van der Waals surface area (Å²) in [6, 6.07) is 0.0341. The van der Waals surface area contributed by atoms with Crippen LogP contribution in [0.3, 0.4) is 0 Å². The van der Waals surface area contributed by atoms with Crippen LogP contribution < -0.4 is 5.32 Å². The van der Waals surface area contributed by atoms with Gasteiger partial charge in [-0.15, -0.1) is 0 Å². The number of hydrogen-bond acceptors (Lipinski definition) is 4. The second kappa shape index (κ2) is 7.22. The number of nitrogens with zero attached hydrogens (tertiary/aromatic N) is 1. The average Bonchev–Trinajstić information content (AvgIpc) is 2.91. The van der Waals surface area contributed by atoms with Gasteiger partial charge in [0.05, 0.1) is 25.7 Å². The highest BCUT2D eigenvalue weighted by Crippen LogP contribution is 2.24. The molecular formula is C15H26N2O4. The molecule has 4 atom stereocenters. The van der Waals surface area contributed by atoms with Gasteiger partial charge in [-0.05, 0) is 25.8 Å². The van der Waals surface area contributed by atoms with Gasteiger partial charge in [0.2, 0.25) is 5.91 Å². The van der Waals surface area contributed by atoms with Crippen molar-refractivity contribution in [1.82, 2.24) is 10.2 Å². The van der Waals surface area contributed by atoms with E-state index in [-0.39, 0.29) is 31.1 Å². The fourth-order valence-electron chi connectivity index (χ4n) is 3.34. The quantitative estimate of drug-likeness (QED) is 0.781. The van der Waals surface area contributed by atoms with Crippen LogP contribution in [-0.2, 0) is 14.3 Å². The zero-order valence-corrected chi connectivity index (χ0v) is 12.9. The molecule has 0 spiro atoms. The molecule has 0 aromatic rings. The largest absolute Gasteiger partial charge is 0.481 e. The fraction of sp³-hybridized carbons (Fsp3) is 0.867. The minimum atomic E-state index is -0.856. The molecule has 2 rings (SSSR count). The van der Waals surface area contributed by atoms with Gasteiger partial charge in [0.1, 0.15) is 0 Å². The van der Waals surface area contributed by atoms with Crippen LogP contribution in [0, 0.1) is 11.8 Å². The van der Waals surface area contributed by atoms with Gasteiger partial charge in [0.25, 0.3) is 0 Å². The zero-order valence-electron chi connectivity index (χ0n) is 12.9. The lowest BCUT2D eigenvalue weighted by Gasteiger charge is -2.31. The summed E-state index contributed by atoms with van der Waals surface area (Å²) >= 11 is 0. The first-order valence-corrected chi connectivity index (χ1v) is 7.79. The zero-order chi connectivity index (χ0) is 15.4. The monoisotopic (exact) mass is 298 g/mol. The molecule has 1 amide bonds. The normalized spacial score (nSPS) is 33.1. The Labute approximate surface area is 125 Å². The highest BCUT2D eigenvalue weighted by molar-refractivity contribution is 5.78. The van der Waals surface area contributed by atoms with Crippen molar-refractivity contribution < 1.29 is 19.4 Å². The molecule has 1 heterocycles. The Hall–Kier alpha value is -1.14. The Morgan fingerprint density at radius 1 is 1.29 bits per heavy atom. The highest BCUT2D eigenvalue weighted by atomic mass is 16.5. The van der Waals surface area contributed by atoms with E-state index in [4.69, 9.17) is 9.84 Å². The molecule has 2 N–H and O–H groups in total. The number of nitrogens with one attached hydrogen (secondary N) is 1. The summed E-state index contributed by atoms with van der Waals surface area (Å²) in [4.78, 5) is 25.1. The molecule has 21 heavy (non-hydrogen) atoms. The molecule has 2 aliphatic rings. The molecule has 6 heteroatoms. The van der Waals surface area contributed by atoms with E-state index >= 15 is 0 Å². The van der Waals surface area contributed by atoms with E-state index in [1.165, 1.54) is 19.3 Å². The Kier molecular flexibility index (Phi) is 5.58. The van der Waals surface area contributed by atoms with E-state index in [1.54, 1.807) is 11.9 Å². The summed E-state index contributed by atoms with van der Waals surface area (Å²) in [6.45, 7) is 3.01. The first kappa shape index (κ1) is 16.2. The van der Waals surface area contributed by atoms with Gasteiger partial charge in [-0.25, -0.2) is 0 Å². The van der Waals surface area contributed by atoms with Crippen LogP contribution in [0.5, 0.6) is 0 Å². The second-order valence-corrected chi connectivity index (χ2v) is 6.40. The van der Waals surface area contributed by atoms with Crippen LogP contribution in [0.25, 0.3) is 0 Å². The predicted molar refractivity (Wildman–Crippen MR) is 77.9 cm³/mol. The van der Waals surface area contributed by atoms with Crippen molar-refractivity contribution in [3.8, 4) is 0 Å². The van der Waals surface area contributed by atoms with Crippen molar-refractivity contribution in [3.63, 3.8) is 0 Å². The van der Waals surface area contributed by atoms with Crippen LogP contribution in [0.15, 0.2) is 0 Å². The predicted octanol–water partition coefficient (Wildman–Crippen LogP) is 0.713. The van der Waals surface area contributed by atoms with Crippen LogP contribution in [-0.4, -0.2) is 60.8 Å². The maximum absolute atomic E-state index is 12.2. The van der Waals surface area contributed by atoms with Crippen LogP contribution in [0.2, 0.25) is 0 Å². The molecule has 0 bridgehead atoms. The van der Waals surface area contributed by atoms with E-state index in [2.05, 4.69) is 12.2 Å². The minimum absolute atomic E-state index is 0.0210. The Bertz CT molecular complexity index is 388. The standard InChI is InChI=1S/C15H26N2O4/c1-10-5-3-4-6-12(10)16-14(18)7-17(2)13-9-21-8-11(13)15(19)20/h10-13H,3-9H2,1-2H3,(H,16,18)(H,19,20). The molecule has 1 aliphatic heterocycles. The number of hydrogen-bond donors (Lipinski definition) is 2. The number of aliphatic carboxylic acids is 1. The lowest BCUT2D eigenvalue weighted by molar-refractivity contribution is -0.143. The van der Waals surface area contributed by atoms with Crippen LogP contribution in [0.4, 0.5) is 0 Å². The number of carboxylic acids is 1. The first-order valence-electron chi connectivity index (χ1n) is 7.79. The SMILES string of the molecule is CC1CCCCC1NC(=O)CN(C)C1COCC1C(=O)O. The molecule has 120 valence electrons. The van der Waals surface area contributed by atoms with Crippen LogP contribution >= 0.6 is 0 Å². The van der Waals surface area contributed by atoms with Crippen molar-refractivity contribution in [1.29, 1.82) is 0 Å². The van der Waals surface area contributed by atoms with E-state index < -0.39 is 11.9 Å². The van der Waals surface area contributed by atoms with Crippen molar-refractivity contribution in [2.24, 2.45) is 11.8 Å². The number of likely N-dealkylation sites (N-methyl/N-ethyl adjacent to an activating group) is 1. The van der Waals surface area contributed by atoms with Crippen molar-refractivity contribution in [3.05, 3.63) is 0 Å². The molecule has 2 fully saturated rings. The van der Waals surface area contributed by atoms with E-state index in [9.17, 15) is 9.59 Å². The Balaban J connectivity index is 1.82. The molecule has 1 saturated carbocycles. The van der Waals surface area contributed by atoms with Gasteiger partial charge in [-0.3, -0.25) is 14.5 Å². The number of rotatable bonds is 5. The third-order valence-corrected chi connectivity index (χ3v) is 4.78. The van der Waals surface area contributed by atoms with Gasteiger partial charge in [-0.1, -0.05) is 19.8 Å². The molecule has 1 aliphatic carbocycles. The number of carboxylic acid groups (broad SMARTS) is 1. The second-order valence-electron chi connectivity index (χ2n) is 6.40. The van der Waals surface area contributed by atoms with E-state index in [0.29, 0.717) is 12.5 Å². The summed E-state index contributed by atoms with van der Waals surface area (Å²) in [6.07, 6.45) is 4.62. The number of ether oxygens (including phenoxy) is 1. The highest BCUT2D eigenvalue weighted by Gasteiger charge is 2.37. The summed E-state index contributed by atoms with van der Waals surface area (Å²) in [5, 5.41) is 12.3. The number of carbonyl (C=O) groups excluding carboxylic acids is 1. The van der Waals surface area contributed by atoms with Crippen molar-refractivity contribution in [2.45, 2.75) is 44.7 Å². The van der Waals surface area contributed by atoms with Gasteiger partial charge < -0.3 is 15.2 Å². The lowest BCUT2D eigenvalue weighted by atomic mass is 9.86. The van der Waals surface area contributed by atoms with Gasteiger partial charge >= 0.3 is 5.97 Å². The molecule has 6 nitrogen and oxygen atoms in total. The summed E-state index contributed by atoms with van der Waals surface area (Å²) < 4.78 is 5.25. The van der Waals surface area contributed by atoms with Gasteiger partial charge in [0.15, 0.2) is 0 Å². The summed E-state index contributed by atoms with van der Waals surface area (Å²) in [5.74, 6) is -0.899. The lowest BCUT2D eigenvalue weighted by Crippen LogP contribution is -2.49. The molecule has 0 aromatic heterocycles. The first-order chi connectivity index (χ1) is 9.99. The molecular weight excluding hydrogens is 272 g/mol. The van der Waals surface area contributed by atoms with Gasteiger partial charge in [-0.2, -0.15) is 0 Å². The summed E-state index contributed by atoms with van der Waals surface area (Å²) in [7, 11) is 1.79. The average molecular weight is 298 g/mol. The molecule has 0 radical (unpaired) electrons. The maximum Gasteiger partial charge on any atom is 0.310 e.